The first-order valence-corrected chi connectivity index (χ1v) is 57.2. The monoisotopic (exact) mass is 2690 g/mol. The first-order valence-electron chi connectivity index (χ1n) is 45.0. The molecular weight excluding hydrogens is 2590 g/mol. The molecule has 2 radical (unpaired) electrons. The van der Waals surface area contributed by atoms with Crippen LogP contribution in [-0.4, -0.2) is 175 Å². The Morgan fingerprint density at radius 1 is 0.280 bits per heavy atom. The van der Waals surface area contributed by atoms with Crippen molar-refractivity contribution in [3.8, 4) is 45.6 Å². The van der Waals surface area contributed by atoms with E-state index < -0.39 is 50.4 Å². The predicted octanol–water partition coefficient (Wildman–Crippen LogP) is 25.2. The summed E-state index contributed by atoms with van der Waals surface area (Å²) in [7, 11) is 2.90. The van der Waals surface area contributed by atoms with E-state index in [1.807, 2.05) is 53.5 Å². The van der Waals surface area contributed by atoms with Gasteiger partial charge in [0, 0.05) is 172 Å². The largest absolute Gasteiger partial charge is 1.00 e. The molecule has 30 heteroatoms. The van der Waals surface area contributed by atoms with Gasteiger partial charge in [0.1, 0.15) is 46.1 Å². The molecule has 0 heterocycles. The second-order valence-electron chi connectivity index (χ2n) is 30.7. The van der Waals surface area contributed by atoms with Crippen LogP contribution >= 0.6 is 157 Å². The molecule has 0 saturated carbocycles. The summed E-state index contributed by atoms with van der Waals surface area (Å²) in [5.41, 5.74) is 0.833. The number of halogens is 10. The normalized spacial score (nSPS) is 10.0. The van der Waals surface area contributed by atoms with Gasteiger partial charge in [-0.2, -0.15) is 0 Å². The van der Waals surface area contributed by atoms with Crippen LogP contribution in [0.15, 0.2) is 496 Å². The second-order valence-corrected chi connectivity index (χ2v) is 44.6. The first kappa shape index (κ1) is 130. The van der Waals surface area contributed by atoms with E-state index in [9.17, 15) is 19.0 Å². The molecule has 0 bridgehead atoms. The molecule has 0 aromatic heterocycles. The zero-order valence-corrected chi connectivity index (χ0v) is 108. The number of aromatic hydroxyl groups is 2. The Morgan fingerprint density at radius 3 is 0.667 bits per heavy atom. The van der Waals surface area contributed by atoms with Crippen LogP contribution < -0.4 is 118 Å². The number of hydrogen-bond donors (Lipinski definition) is 5. The van der Waals surface area contributed by atoms with E-state index in [0.29, 0.717) is 42.3 Å². The number of alkyl halides is 1. The molecule has 20 aromatic rings. The van der Waals surface area contributed by atoms with Crippen LogP contribution in [-0.2, 0) is 30.1 Å². The molecule has 0 saturated heterocycles. The number of carbonyl (C=O) groups is 1. The number of carbonyl (C=O) groups excluding carboxylic acids is 1. The van der Waals surface area contributed by atoms with E-state index in [2.05, 4.69) is 471 Å². The fourth-order valence-electron chi connectivity index (χ4n) is 15.1. The van der Waals surface area contributed by atoms with Crippen LogP contribution in [0, 0.1) is 11.6 Å². The predicted molar refractivity (Wildman–Crippen MR) is 654 cm³/mol. The summed E-state index contributed by atoms with van der Waals surface area (Å²) in [6, 6.07) is 161. The summed E-state index contributed by atoms with van der Waals surface area (Å²) in [5, 5.41) is 65.3. The third-order valence-electron chi connectivity index (χ3n) is 21.6. The standard InChI is InChI=1S/C18H13BrClFO2.4C18H15P.C12H10Br2O2.C10H6Br2O2.C6H5BClFO2.CH3I.CH2O3.2K.Na.Pd.H/c1-22-17-11(10-4-3-5-15(20)16(10)21)6-7-13-12(17)8-9-14(19)18(13)23-2;4*1-4-10-16(11-5-1)19(17-12-6-2-7-13-17)18-14-8-3-9-15-18;1-15-11-7-3-6-10(14)12(16-2)8(7)4-5-9(11)13;11-7-3-1-5-6(10(7)14)2-4-8(12)9(5)13;8-5-3-1-2-4(6(5)9)7(10)11;1-2;2-1-4-3;;;;;/h3-9H,1-2H3;4*1-15H;3-6H,1-2H3;1-4,13-14H;1-3,10-11H;1H3;1,3H;;;;;/q;;;;;;;;;;;;+1;;-1. The molecule has 0 aliphatic heterocycles. The van der Waals surface area contributed by atoms with Crippen molar-refractivity contribution in [2.75, 3.05) is 33.4 Å². The van der Waals surface area contributed by atoms with E-state index in [1.54, 1.807) is 64.8 Å². The quantitative estimate of drug-likeness (QED) is 0.00995. The van der Waals surface area contributed by atoms with Gasteiger partial charge in [-0.3, -0.25) is 4.79 Å². The van der Waals surface area contributed by atoms with Gasteiger partial charge in [0.15, 0.2) is 0 Å². The van der Waals surface area contributed by atoms with E-state index in [1.165, 1.54) is 87.9 Å². The van der Waals surface area contributed by atoms with Gasteiger partial charge in [0.25, 0.3) is 0 Å². The van der Waals surface area contributed by atoms with Gasteiger partial charge < -0.3 is 45.5 Å². The smallest absolute Gasteiger partial charge is 1.00 e. The Hall–Kier alpha value is -6.38. The maximum Gasteiger partial charge on any atom is 1.00 e. The number of rotatable bonds is 19. The minimum absolute atomic E-state index is 0. The SMILES string of the molecule is CI.COc1c(Br)ccc2c(OC)c(-c3cccc(Cl)c3F)ccc12.COc1c(Br)ccc2c(OC)c(Br)ccc12.O=COO.OB(O)c1cccc(Cl)c1F.Oc1c(Br)ccc2c(O)c(Br)ccc12.[H-].[K].[K].[Na+].[Pd].c1ccc(P(c2ccccc2)c2ccccc2)cc1.c1ccc(P(c2ccccc2)c2ccccc2)cc1.c1ccc(P(c2ccccc2)c2ccccc2)cc1.c1ccc(P(c2ccccc2)c2ccccc2)cc1. The van der Waals surface area contributed by atoms with Crippen LogP contribution in [0.5, 0.6) is 34.5 Å². The molecule has 20 aromatic carbocycles. The molecular formula is C120H100BBr5Cl2F2IK2NaO11P4Pd. The van der Waals surface area contributed by atoms with Gasteiger partial charge in [-0.05, 0) is 265 Å². The summed E-state index contributed by atoms with van der Waals surface area (Å²) < 4.78 is 52.9. The Balaban J connectivity index is 0.000000261. The van der Waals surface area contributed by atoms with Crippen molar-refractivity contribution in [3.63, 3.8) is 0 Å². The van der Waals surface area contributed by atoms with E-state index in [-0.39, 0.29) is 188 Å². The van der Waals surface area contributed by atoms with Crippen molar-refractivity contribution in [2.45, 2.75) is 0 Å². The fraction of sp³-hybridized carbons (Fsp3) is 0.0417. The Bertz CT molecular complexity index is 6490. The molecule has 752 valence electrons. The van der Waals surface area contributed by atoms with E-state index in [4.69, 9.17) is 62.2 Å². The maximum atomic E-state index is 14.4. The Morgan fingerprint density at radius 2 is 0.467 bits per heavy atom. The number of phenolic OH excluding ortho intramolecular Hbond substituents is 2. The zero-order valence-electron chi connectivity index (χ0n) is 83.8. The number of phenols is 2. The summed E-state index contributed by atoms with van der Waals surface area (Å²) in [4.78, 5) is 13.5. The molecule has 0 amide bonds. The topological polar surface area (TPSA) is 164 Å². The van der Waals surface area contributed by atoms with Gasteiger partial charge >= 0.3 is 43.1 Å². The number of benzene rings is 20. The van der Waals surface area contributed by atoms with Crippen molar-refractivity contribution >= 4 is 375 Å². The van der Waals surface area contributed by atoms with Gasteiger partial charge in [0.05, 0.1) is 60.8 Å². The van der Waals surface area contributed by atoms with Crippen molar-refractivity contribution in [1.82, 2.24) is 0 Å². The van der Waals surface area contributed by atoms with E-state index >= 15 is 0 Å². The second kappa shape index (κ2) is 71.1. The Kier molecular flexibility index (Phi) is 61.8. The average molecular weight is 2700 g/mol. The van der Waals surface area contributed by atoms with Crippen LogP contribution in [0.3, 0.4) is 0 Å². The fourth-order valence-corrected chi connectivity index (χ4v) is 26.9. The molecule has 0 spiro atoms. The maximum absolute atomic E-state index is 14.4. The number of hydrogen-bond acceptors (Lipinski definition) is 11. The van der Waals surface area contributed by atoms with Crippen LogP contribution in [0.25, 0.3) is 43.4 Å². The number of ether oxygens (including phenoxy) is 4. The molecule has 20 rings (SSSR count). The molecule has 0 fully saturated rings. The molecule has 0 aliphatic rings. The summed E-state index contributed by atoms with van der Waals surface area (Å²) >= 11 is 30.2. The van der Waals surface area contributed by atoms with Crippen molar-refractivity contribution in [2.24, 2.45) is 0 Å². The molecule has 11 nitrogen and oxygen atoms in total. The molecule has 0 atom stereocenters. The van der Waals surface area contributed by atoms with Crippen molar-refractivity contribution < 1.29 is 114 Å². The first-order chi connectivity index (χ1) is 71.2. The van der Waals surface area contributed by atoms with Gasteiger partial charge in [-0.25, -0.2) is 14.0 Å². The summed E-state index contributed by atoms with van der Waals surface area (Å²) in [6.45, 7) is -0.0694. The number of fused-ring (bicyclic) bond motifs is 3. The summed E-state index contributed by atoms with van der Waals surface area (Å²) in [6.07, 6.45) is 0. The molecule has 150 heavy (non-hydrogen) atoms. The molecule has 0 unspecified atom stereocenters. The zero-order chi connectivity index (χ0) is 104. The van der Waals surface area contributed by atoms with Crippen molar-refractivity contribution in [1.29, 1.82) is 0 Å². The number of methoxy groups -OCH3 is 4. The third-order valence-corrected chi connectivity index (χ3v) is 35.2. The van der Waals surface area contributed by atoms with Crippen LogP contribution in [0.1, 0.15) is 1.43 Å². The summed E-state index contributed by atoms with van der Waals surface area (Å²) in [5.74, 6) is 1.97. The van der Waals surface area contributed by atoms with Gasteiger partial charge in [0.2, 0.25) is 0 Å². The van der Waals surface area contributed by atoms with Crippen molar-refractivity contribution in [3.05, 3.63) is 517 Å². The minimum atomic E-state index is -1.81. The Labute approximate surface area is 1070 Å². The molecule has 0 aliphatic carbocycles. The van der Waals surface area contributed by atoms with Crippen LogP contribution in [0.2, 0.25) is 10.0 Å². The van der Waals surface area contributed by atoms with E-state index in [0.717, 1.165) is 46.5 Å². The van der Waals surface area contributed by atoms with Gasteiger partial charge in [-0.1, -0.05) is 434 Å². The molecule has 5 N–H and O–H groups in total. The average Bonchev–Trinajstić information content (AvgIpc) is 0.756. The van der Waals surface area contributed by atoms with Gasteiger partial charge in [-0.15, -0.1) is 0 Å². The third kappa shape index (κ3) is 37.7. The van der Waals surface area contributed by atoms with Crippen LogP contribution in [0.4, 0.5) is 8.78 Å². The minimum Gasteiger partial charge on any atom is -1.00 e.